The quantitative estimate of drug-likeness (QED) is 0.872. The summed E-state index contributed by atoms with van der Waals surface area (Å²) in [4.78, 5) is 12.2. The Balaban J connectivity index is 2.15. The number of amides is 1. The van der Waals surface area contributed by atoms with Gasteiger partial charge in [-0.25, -0.2) is 0 Å². The van der Waals surface area contributed by atoms with Crippen LogP contribution in [0.15, 0.2) is 48.5 Å². The van der Waals surface area contributed by atoms with Gasteiger partial charge in [0.2, 0.25) is 5.91 Å². The van der Waals surface area contributed by atoms with Crippen LogP contribution in [0.1, 0.15) is 30.5 Å². The first kappa shape index (κ1) is 14.3. The second-order valence-electron chi connectivity index (χ2n) is 4.87. The highest BCUT2D eigenvalue weighted by molar-refractivity contribution is 5.93. The van der Waals surface area contributed by atoms with Crippen LogP contribution in [0.3, 0.4) is 0 Å². The van der Waals surface area contributed by atoms with Gasteiger partial charge in [0.25, 0.3) is 0 Å². The number of hydrogen-bond acceptors (Lipinski definition) is 1. The third-order valence-corrected chi connectivity index (χ3v) is 3.47. The zero-order valence-corrected chi connectivity index (χ0v) is 12.1. The molecule has 20 heavy (non-hydrogen) atoms. The molecule has 104 valence electrons. The van der Waals surface area contributed by atoms with Crippen LogP contribution in [0.2, 0.25) is 0 Å². The van der Waals surface area contributed by atoms with Gasteiger partial charge in [-0.15, -0.1) is 0 Å². The van der Waals surface area contributed by atoms with Crippen molar-refractivity contribution in [3.05, 3.63) is 65.2 Å². The molecule has 2 nitrogen and oxygen atoms in total. The molecule has 0 aliphatic rings. The first-order valence-electron chi connectivity index (χ1n) is 7.19. The van der Waals surface area contributed by atoms with E-state index in [0.29, 0.717) is 6.42 Å². The fourth-order valence-corrected chi connectivity index (χ4v) is 2.37. The van der Waals surface area contributed by atoms with E-state index in [9.17, 15) is 4.79 Å². The maximum Gasteiger partial charge on any atom is 0.228 e. The Morgan fingerprint density at radius 2 is 1.50 bits per heavy atom. The van der Waals surface area contributed by atoms with Crippen molar-refractivity contribution in [2.45, 2.75) is 33.1 Å². The summed E-state index contributed by atoms with van der Waals surface area (Å²) >= 11 is 0. The van der Waals surface area contributed by atoms with Crippen molar-refractivity contribution < 1.29 is 4.79 Å². The van der Waals surface area contributed by atoms with E-state index in [1.54, 1.807) is 0 Å². The van der Waals surface area contributed by atoms with Crippen LogP contribution in [-0.4, -0.2) is 5.91 Å². The van der Waals surface area contributed by atoms with Crippen LogP contribution in [-0.2, 0) is 24.1 Å². The maximum atomic E-state index is 12.2. The molecule has 0 unspecified atom stereocenters. The zero-order chi connectivity index (χ0) is 14.4. The molecule has 0 bridgehead atoms. The van der Waals surface area contributed by atoms with E-state index in [1.165, 1.54) is 11.1 Å². The summed E-state index contributed by atoms with van der Waals surface area (Å²) in [6, 6.07) is 16.1. The Bertz CT molecular complexity index is 553. The van der Waals surface area contributed by atoms with E-state index >= 15 is 0 Å². The number of carbonyl (C=O) groups is 1. The molecular formula is C18H21NO. The fourth-order valence-electron chi connectivity index (χ4n) is 2.37. The lowest BCUT2D eigenvalue weighted by Crippen LogP contribution is -2.16. The van der Waals surface area contributed by atoms with Gasteiger partial charge < -0.3 is 5.32 Å². The standard InChI is InChI=1S/C18H21NO/c1-3-15-11-8-12-16(4-2)18(15)19-17(20)13-14-9-6-5-7-10-14/h5-12H,3-4,13H2,1-2H3,(H,19,20). The van der Waals surface area contributed by atoms with Crippen LogP contribution in [0.25, 0.3) is 0 Å². The number of nitrogens with one attached hydrogen (secondary N) is 1. The van der Waals surface area contributed by atoms with E-state index in [0.717, 1.165) is 24.1 Å². The lowest BCUT2D eigenvalue weighted by Gasteiger charge is -2.14. The van der Waals surface area contributed by atoms with E-state index in [1.807, 2.05) is 30.3 Å². The number of benzene rings is 2. The highest BCUT2D eigenvalue weighted by Crippen LogP contribution is 2.22. The van der Waals surface area contributed by atoms with Crippen molar-refractivity contribution in [1.82, 2.24) is 0 Å². The first-order chi connectivity index (χ1) is 9.74. The van der Waals surface area contributed by atoms with E-state index in [-0.39, 0.29) is 5.91 Å². The fraction of sp³-hybridized carbons (Fsp3) is 0.278. The zero-order valence-electron chi connectivity index (χ0n) is 12.1. The summed E-state index contributed by atoms with van der Waals surface area (Å²) in [5.74, 6) is 0.0480. The normalized spacial score (nSPS) is 10.3. The molecule has 0 aromatic heterocycles. The van der Waals surface area contributed by atoms with Gasteiger partial charge in [0, 0.05) is 5.69 Å². The summed E-state index contributed by atoms with van der Waals surface area (Å²) in [6.45, 7) is 4.23. The molecule has 0 saturated carbocycles. The van der Waals surface area contributed by atoms with E-state index in [4.69, 9.17) is 0 Å². The Labute approximate surface area is 120 Å². The average molecular weight is 267 g/mol. The molecule has 0 spiro atoms. The van der Waals surface area contributed by atoms with Crippen molar-refractivity contribution in [1.29, 1.82) is 0 Å². The summed E-state index contributed by atoms with van der Waals surface area (Å²) < 4.78 is 0. The SMILES string of the molecule is CCc1cccc(CC)c1NC(=O)Cc1ccccc1. The number of aryl methyl sites for hydroxylation is 2. The van der Waals surface area contributed by atoms with Gasteiger partial charge in [-0.3, -0.25) is 4.79 Å². The molecule has 0 atom stereocenters. The molecule has 0 aliphatic heterocycles. The number of anilines is 1. The van der Waals surface area contributed by atoms with Gasteiger partial charge in [0.1, 0.15) is 0 Å². The van der Waals surface area contributed by atoms with Gasteiger partial charge in [-0.05, 0) is 29.5 Å². The average Bonchev–Trinajstić information content (AvgIpc) is 2.48. The maximum absolute atomic E-state index is 12.2. The van der Waals surface area contributed by atoms with Crippen LogP contribution < -0.4 is 5.32 Å². The third kappa shape index (κ3) is 3.47. The van der Waals surface area contributed by atoms with E-state index in [2.05, 4.69) is 37.4 Å². The van der Waals surface area contributed by atoms with Crippen molar-refractivity contribution in [2.75, 3.05) is 5.32 Å². The van der Waals surface area contributed by atoms with Crippen molar-refractivity contribution in [2.24, 2.45) is 0 Å². The van der Waals surface area contributed by atoms with Gasteiger partial charge in [0.05, 0.1) is 6.42 Å². The Morgan fingerprint density at radius 1 is 0.900 bits per heavy atom. The topological polar surface area (TPSA) is 29.1 Å². The van der Waals surface area contributed by atoms with Crippen LogP contribution in [0.5, 0.6) is 0 Å². The van der Waals surface area contributed by atoms with Crippen LogP contribution in [0.4, 0.5) is 5.69 Å². The third-order valence-electron chi connectivity index (χ3n) is 3.47. The number of hydrogen-bond donors (Lipinski definition) is 1. The molecule has 1 amide bonds. The summed E-state index contributed by atoms with van der Waals surface area (Å²) in [5, 5.41) is 3.09. The first-order valence-corrected chi connectivity index (χ1v) is 7.19. The minimum absolute atomic E-state index is 0.0480. The smallest absolute Gasteiger partial charge is 0.228 e. The monoisotopic (exact) mass is 267 g/mol. The lowest BCUT2D eigenvalue weighted by molar-refractivity contribution is -0.115. The predicted octanol–water partition coefficient (Wildman–Crippen LogP) is 3.99. The summed E-state index contributed by atoms with van der Waals surface area (Å²) in [5.41, 5.74) is 4.44. The lowest BCUT2D eigenvalue weighted by atomic mass is 10.0. The molecule has 0 aliphatic carbocycles. The minimum atomic E-state index is 0.0480. The molecular weight excluding hydrogens is 246 g/mol. The van der Waals surface area contributed by atoms with Crippen molar-refractivity contribution >= 4 is 11.6 Å². The number of carbonyl (C=O) groups excluding carboxylic acids is 1. The van der Waals surface area contributed by atoms with Gasteiger partial charge in [-0.1, -0.05) is 62.4 Å². The molecule has 2 rings (SSSR count). The molecule has 0 saturated heterocycles. The predicted molar refractivity (Wildman–Crippen MR) is 84.0 cm³/mol. The minimum Gasteiger partial charge on any atom is -0.325 e. The van der Waals surface area contributed by atoms with Crippen LogP contribution >= 0.6 is 0 Å². The molecule has 0 heterocycles. The van der Waals surface area contributed by atoms with Crippen molar-refractivity contribution in [3.8, 4) is 0 Å². The van der Waals surface area contributed by atoms with Gasteiger partial charge >= 0.3 is 0 Å². The van der Waals surface area contributed by atoms with Gasteiger partial charge in [-0.2, -0.15) is 0 Å². The van der Waals surface area contributed by atoms with Crippen molar-refractivity contribution in [3.63, 3.8) is 0 Å². The summed E-state index contributed by atoms with van der Waals surface area (Å²) in [6.07, 6.45) is 2.27. The van der Waals surface area contributed by atoms with Crippen LogP contribution in [0, 0.1) is 0 Å². The molecule has 0 fully saturated rings. The Hall–Kier alpha value is -2.09. The number of para-hydroxylation sites is 1. The Kier molecular flexibility index (Phi) is 4.94. The Morgan fingerprint density at radius 3 is 2.05 bits per heavy atom. The molecule has 0 radical (unpaired) electrons. The molecule has 1 N–H and O–H groups in total. The second-order valence-corrected chi connectivity index (χ2v) is 4.87. The van der Waals surface area contributed by atoms with Gasteiger partial charge in [0.15, 0.2) is 0 Å². The molecule has 2 aromatic rings. The molecule has 2 heteroatoms. The largest absolute Gasteiger partial charge is 0.325 e. The van der Waals surface area contributed by atoms with E-state index < -0.39 is 0 Å². The highest BCUT2D eigenvalue weighted by Gasteiger charge is 2.10. The number of rotatable bonds is 5. The molecule has 2 aromatic carbocycles. The second kappa shape index (κ2) is 6.90. The summed E-state index contributed by atoms with van der Waals surface area (Å²) in [7, 11) is 0. The highest BCUT2D eigenvalue weighted by atomic mass is 16.1.